The van der Waals surface area contributed by atoms with Gasteiger partial charge >= 0.3 is 0 Å². The van der Waals surface area contributed by atoms with Crippen LogP contribution in [0.1, 0.15) is 25.0 Å². The number of para-hydroxylation sites is 1. The summed E-state index contributed by atoms with van der Waals surface area (Å²) in [5, 5.41) is 6.84. The number of fused-ring (bicyclic) bond motifs is 8. The molecule has 0 bridgehead atoms. The van der Waals surface area contributed by atoms with Crippen molar-refractivity contribution in [2.24, 2.45) is 0 Å². The van der Waals surface area contributed by atoms with E-state index in [1.807, 2.05) is 18.2 Å². The molecule has 2 heterocycles. The zero-order valence-corrected chi connectivity index (χ0v) is 29.8. The fraction of sp³-hybridized carbons (Fsp3) is 0.0600. The molecule has 254 valence electrons. The first-order valence-corrected chi connectivity index (χ1v) is 18.4. The predicted molar refractivity (Wildman–Crippen MR) is 221 cm³/mol. The van der Waals surface area contributed by atoms with Crippen LogP contribution in [0.2, 0.25) is 0 Å². The van der Waals surface area contributed by atoms with Gasteiger partial charge in [-0.15, -0.1) is 0 Å². The van der Waals surface area contributed by atoms with Crippen LogP contribution < -0.4 is 0 Å². The first-order valence-electron chi connectivity index (χ1n) is 18.4. The molecule has 0 saturated heterocycles. The van der Waals surface area contributed by atoms with Crippen molar-refractivity contribution in [3.8, 4) is 56.4 Å². The number of hydrogen-bond donors (Lipinski definition) is 0. The standard InChI is InChI=1S/C50H33N3O/c1-50(2)43-20-9-7-17-38(43)39-24-22-31(28-44(39)50)47-51-48(32-23-25-41-40-18-8-10-21-45(40)54-46(41)29-32)53-49(52-47)42-27-26-37(35-15-5-6-16-36(35)42)34-19-11-13-30-12-3-4-14-33(30)34/h3-29H,1-2H3. The lowest BCUT2D eigenvalue weighted by molar-refractivity contribution is 0.660. The Morgan fingerprint density at radius 2 is 0.907 bits per heavy atom. The highest BCUT2D eigenvalue weighted by Gasteiger charge is 2.35. The summed E-state index contributed by atoms with van der Waals surface area (Å²) in [7, 11) is 0. The molecule has 0 spiro atoms. The molecule has 11 rings (SSSR count). The summed E-state index contributed by atoms with van der Waals surface area (Å²) in [6.45, 7) is 4.61. The van der Waals surface area contributed by atoms with E-state index in [4.69, 9.17) is 19.4 Å². The van der Waals surface area contributed by atoms with Gasteiger partial charge in [0, 0.05) is 32.9 Å². The van der Waals surface area contributed by atoms with Crippen LogP contribution in [0.15, 0.2) is 168 Å². The van der Waals surface area contributed by atoms with Gasteiger partial charge in [0.05, 0.1) is 0 Å². The first-order chi connectivity index (χ1) is 26.5. The molecular formula is C50H33N3O. The lowest BCUT2D eigenvalue weighted by atomic mass is 9.82. The molecule has 0 unspecified atom stereocenters. The zero-order chi connectivity index (χ0) is 36.0. The van der Waals surface area contributed by atoms with Crippen molar-refractivity contribution in [1.29, 1.82) is 0 Å². The van der Waals surface area contributed by atoms with Crippen molar-refractivity contribution >= 4 is 43.5 Å². The van der Waals surface area contributed by atoms with Crippen LogP contribution >= 0.6 is 0 Å². The van der Waals surface area contributed by atoms with Crippen LogP contribution in [-0.2, 0) is 5.41 Å². The van der Waals surface area contributed by atoms with Crippen LogP contribution in [0, 0.1) is 0 Å². The van der Waals surface area contributed by atoms with Gasteiger partial charge in [-0.25, -0.2) is 15.0 Å². The SMILES string of the molecule is CC1(C)c2ccccc2-c2ccc(-c3nc(-c4ccc5c(c4)oc4ccccc45)nc(-c4ccc(-c5cccc6ccccc56)c5ccccc45)n3)cc21. The van der Waals surface area contributed by atoms with Crippen molar-refractivity contribution in [3.05, 3.63) is 175 Å². The average molecular weight is 692 g/mol. The number of hydrogen-bond acceptors (Lipinski definition) is 4. The van der Waals surface area contributed by atoms with E-state index in [-0.39, 0.29) is 5.41 Å². The van der Waals surface area contributed by atoms with E-state index >= 15 is 0 Å². The lowest BCUT2D eigenvalue weighted by Crippen LogP contribution is -2.15. The Balaban J connectivity index is 1.13. The average Bonchev–Trinajstić information content (AvgIpc) is 3.71. The number of rotatable bonds is 4. The summed E-state index contributed by atoms with van der Waals surface area (Å²) in [6.07, 6.45) is 0. The van der Waals surface area contributed by atoms with Crippen LogP contribution in [0.25, 0.3) is 99.9 Å². The lowest BCUT2D eigenvalue weighted by Gasteiger charge is -2.21. The highest BCUT2D eigenvalue weighted by molar-refractivity contribution is 6.09. The Morgan fingerprint density at radius 1 is 0.370 bits per heavy atom. The third-order valence-corrected chi connectivity index (χ3v) is 11.4. The molecule has 0 aliphatic heterocycles. The molecule has 2 aromatic heterocycles. The Kier molecular flexibility index (Phi) is 6.56. The monoisotopic (exact) mass is 691 g/mol. The van der Waals surface area contributed by atoms with Gasteiger partial charge in [-0.05, 0) is 85.3 Å². The highest BCUT2D eigenvalue weighted by atomic mass is 16.3. The van der Waals surface area contributed by atoms with E-state index in [9.17, 15) is 0 Å². The van der Waals surface area contributed by atoms with Crippen LogP contribution in [0.5, 0.6) is 0 Å². The molecule has 4 heteroatoms. The van der Waals surface area contributed by atoms with Gasteiger partial charge in [0.25, 0.3) is 0 Å². The molecule has 0 saturated carbocycles. The minimum absolute atomic E-state index is 0.152. The normalized spacial score (nSPS) is 13.1. The van der Waals surface area contributed by atoms with Crippen molar-refractivity contribution < 1.29 is 4.42 Å². The molecule has 0 atom stereocenters. The first kappa shape index (κ1) is 30.7. The Hall–Kier alpha value is -6.91. The highest BCUT2D eigenvalue weighted by Crippen LogP contribution is 2.49. The van der Waals surface area contributed by atoms with E-state index in [0.29, 0.717) is 17.5 Å². The Bertz CT molecular complexity index is 3150. The van der Waals surface area contributed by atoms with Crippen molar-refractivity contribution in [3.63, 3.8) is 0 Å². The minimum Gasteiger partial charge on any atom is -0.456 e. The fourth-order valence-corrected chi connectivity index (χ4v) is 8.65. The maximum absolute atomic E-state index is 6.32. The summed E-state index contributed by atoms with van der Waals surface area (Å²) >= 11 is 0. The minimum atomic E-state index is -0.152. The van der Waals surface area contributed by atoms with Gasteiger partial charge in [-0.3, -0.25) is 0 Å². The molecule has 0 N–H and O–H groups in total. The van der Waals surface area contributed by atoms with Gasteiger partial charge in [-0.2, -0.15) is 0 Å². The molecule has 0 amide bonds. The number of nitrogens with zero attached hydrogens (tertiary/aromatic N) is 3. The topological polar surface area (TPSA) is 51.8 Å². The molecule has 4 nitrogen and oxygen atoms in total. The Morgan fingerprint density at radius 3 is 1.76 bits per heavy atom. The second-order valence-corrected chi connectivity index (χ2v) is 14.8. The second kappa shape index (κ2) is 11.5. The smallest absolute Gasteiger partial charge is 0.164 e. The second-order valence-electron chi connectivity index (χ2n) is 14.8. The maximum Gasteiger partial charge on any atom is 0.164 e. The number of aromatic nitrogens is 3. The summed E-state index contributed by atoms with van der Waals surface area (Å²) in [5.74, 6) is 1.86. The van der Waals surface area contributed by atoms with Gasteiger partial charge < -0.3 is 4.42 Å². The summed E-state index contributed by atoms with van der Waals surface area (Å²) in [4.78, 5) is 15.7. The van der Waals surface area contributed by atoms with E-state index in [1.54, 1.807) is 0 Å². The van der Waals surface area contributed by atoms with E-state index < -0.39 is 0 Å². The third kappa shape index (κ3) is 4.60. The molecule has 54 heavy (non-hydrogen) atoms. The van der Waals surface area contributed by atoms with Gasteiger partial charge in [-0.1, -0.05) is 147 Å². The zero-order valence-electron chi connectivity index (χ0n) is 29.8. The summed E-state index contributed by atoms with van der Waals surface area (Å²) < 4.78 is 6.32. The van der Waals surface area contributed by atoms with Crippen LogP contribution in [0.3, 0.4) is 0 Å². The quantitative estimate of drug-likeness (QED) is 0.184. The molecule has 1 aliphatic rings. The van der Waals surface area contributed by atoms with Crippen molar-refractivity contribution in [2.75, 3.05) is 0 Å². The number of furan rings is 1. The molecular weight excluding hydrogens is 659 g/mol. The molecule has 10 aromatic rings. The van der Waals surface area contributed by atoms with E-state index in [1.165, 1.54) is 44.2 Å². The third-order valence-electron chi connectivity index (χ3n) is 11.4. The van der Waals surface area contributed by atoms with Crippen LogP contribution in [0.4, 0.5) is 0 Å². The summed E-state index contributed by atoms with van der Waals surface area (Å²) in [6, 6.07) is 57.9. The van der Waals surface area contributed by atoms with Gasteiger partial charge in [0.1, 0.15) is 11.2 Å². The van der Waals surface area contributed by atoms with Gasteiger partial charge in [0.15, 0.2) is 17.5 Å². The maximum atomic E-state index is 6.32. The van der Waals surface area contributed by atoms with E-state index in [2.05, 4.69) is 159 Å². The largest absolute Gasteiger partial charge is 0.456 e. The molecule has 0 radical (unpaired) electrons. The van der Waals surface area contributed by atoms with E-state index in [0.717, 1.165) is 49.4 Å². The van der Waals surface area contributed by atoms with Gasteiger partial charge in [0.2, 0.25) is 0 Å². The molecule has 8 aromatic carbocycles. The Labute approximate surface area is 312 Å². The molecule has 0 fully saturated rings. The van der Waals surface area contributed by atoms with Crippen LogP contribution in [-0.4, -0.2) is 15.0 Å². The molecule has 1 aliphatic carbocycles. The fourth-order valence-electron chi connectivity index (χ4n) is 8.65. The summed E-state index contributed by atoms with van der Waals surface area (Å²) in [5.41, 5.74) is 11.9. The predicted octanol–water partition coefficient (Wildman–Crippen LogP) is 13.1. The van der Waals surface area contributed by atoms with Crippen molar-refractivity contribution in [2.45, 2.75) is 19.3 Å². The number of benzene rings is 8. The van der Waals surface area contributed by atoms with Crippen molar-refractivity contribution in [1.82, 2.24) is 15.0 Å².